The van der Waals surface area contributed by atoms with Crippen LogP contribution in [0.25, 0.3) is 0 Å². The predicted molar refractivity (Wildman–Crippen MR) is 85.5 cm³/mol. The van der Waals surface area contributed by atoms with Gasteiger partial charge in [0.1, 0.15) is 6.04 Å². The van der Waals surface area contributed by atoms with Gasteiger partial charge in [0.2, 0.25) is 11.8 Å². The second kappa shape index (κ2) is 7.99. The van der Waals surface area contributed by atoms with Crippen LogP contribution in [0.15, 0.2) is 0 Å². The van der Waals surface area contributed by atoms with E-state index in [0.717, 1.165) is 45.3 Å². The lowest BCUT2D eigenvalue weighted by atomic mass is 10.0. The van der Waals surface area contributed by atoms with E-state index in [4.69, 9.17) is 0 Å². The Labute approximate surface area is 133 Å². The van der Waals surface area contributed by atoms with Crippen LogP contribution in [0.3, 0.4) is 0 Å². The van der Waals surface area contributed by atoms with Crippen molar-refractivity contribution in [2.24, 2.45) is 5.92 Å². The molecule has 2 amide bonds. The van der Waals surface area contributed by atoms with Crippen molar-refractivity contribution in [2.75, 3.05) is 26.7 Å². The van der Waals surface area contributed by atoms with Crippen molar-refractivity contribution in [1.82, 2.24) is 15.1 Å². The zero-order valence-corrected chi connectivity index (χ0v) is 14.1. The van der Waals surface area contributed by atoms with Gasteiger partial charge in [0.05, 0.1) is 0 Å². The molecule has 0 aliphatic carbocycles. The number of likely N-dealkylation sites (N-methyl/N-ethyl adjacent to an activating group) is 1. The van der Waals surface area contributed by atoms with E-state index in [2.05, 4.69) is 5.32 Å². The Kier molecular flexibility index (Phi) is 6.94. The molecule has 6 heteroatoms. The van der Waals surface area contributed by atoms with Crippen molar-refractivity contribution in [3.8, 4) is 0 Å². The van der Waals surface area contributed by atoms with E-state index >= 15 is 0 Å². The van der Waals surface area contributed by atoms with Crippen LogP contribution in [-0.2, 0) is 9.59 Å². The number of nitrogens with zero attached hydrogens (tertiary/aromatic N) is 2. The molecule has 0 spiro atoms. The van der Waals surface area contributed by atoms with Gasteiger partial charge in [0, 0.05) is 31.6 Å². The Morgan fingerprint density at radius 1 is 1.14 bits per heavy atom. The van der Waals surface area contributed by atoms with Gasteiger partial charge in [-0.15, -0.1) is 12.4 Å². The second-order valence-corrected chi connectivity index (χ2v) is 6.26. The summed E-state index contributed by atoms with van der Waals surface area (Å²) in [5, 5.41) is 3.26. The molecule has 0 aromatic carbocycles. The molecule has 2 saturated heterocycles. The van der Waals surface area contributed by atoms with Crippen LogP contribution in [0, 0.1) is 5.92 Å². The summed E-state index contributed by atoms with van der Waals surface area (Å²) in [4.78, 5) is 28.7. The van der Waals surface area contributed by atoms with Gasteiger partial charge in [-0.25, -0.2) is 0 Å². The summed E-state index contributed by atoms with van der Waals surface area (Å²) >= 11 is 0. The van der Waals surface area contributed by atoms with E-state index in [0.29, 0.717) is 6.04 Å². The summed E-state index contributed by atoms with van der Waals surface area (Å²) in [6.45, 7) is 6.14. The molecule has 1 N–H and O–H groups in total. The minimum Gasteiger partial charge on any atom is -0.339 e. The third-order valence-electron chi connectivity index (χ3n) is 4.46. The Bertz CT molecular complexity index is 376. The molecule has 5 nitrogen and oxygen atoms in total. The van der Waals surface area contributed by atoms with Gasteiger partial charge in [-0.05, 0) is 32.7 Å². The number of carbonyl (C=O) groups excluding carboxylic acids is 2. The van der Waals surface area contributed by atoms with Crippen LogP contribution in [0.2, 0.25) is 0 Å². The lowest BCUT2D eigenvalue weighted by molar-refractivity contribution is -0.146. The maximum atomic E-state index is 12.7. The number of rotatable bonds is 3. The lowest BCUT2D eigenvalue weighted by Crippen LogP contribution is -2.53. The molecular formula is C15H28ClN3O2. The average Bonchev–Trinajstić information content (AvgIpc) is 2.94. The Hall–Kier alpha value is -0.810. The Morgan fingerprint density at radius 3 is 2.43 bits per heavy atom. The zero-order chi connectivity index (χ0) is 14.7. The third kappa shape index (κ3) is 4.10. The van der Waals surface area contributed by atoms with Crippen LogP contribution >= 0.6 is 12.4 Å². The number of piperidine rings is 1. The van der Waals surface area contributed by atoms with Gasteiger partial charge < -0.3 is 15.1 Å². The molecule has 0 saturated carbocycles. The van der Waals surface area contributed by atoms with Gasteiger partial charge in [-0.2, -0.15) is 0 Å². The number of hydrogen-bond donors (Lipinski definition) is 1. The first-order valence-corrected chi connectivity index (χ1v) is 7.81. The van der Waals surface area contributed by atoms with Crippen molar-refractivity contribution in [3.63, 3.8) is 0 Å². The van der Waals surface area contributed by atoms with Gasteiger partial charge >= 0.3 is 0 Å². The van der Waals surface area contributed by atoms with E-state index < -0.39 is 0 Å². The normalized spacial score (nSPS) is 25.9. The monoisotopic (exact) mass is 317 g/mol. The Morgan fingerprint density at radius 2 is 1.81 bits per heavy atom. The Balaban J connectivity index is 0.00000220. The fourth-order valence-corrected chi connectivity index (χ4v) is 3.24. The molecule has 0 bridgehead atoms. The summed E-state index contributed by atoms with van der Waals surface area (Å²) in [6.07, 6.45) is 3.93. The smallest absolute Gasteiger partial charge is 0.245 e. The molecule has 2 aliphatic rings. The molecule has 2 fully saturated rings. The summed E-state index contributed by atoms with van der Waals surface area (Å²) in [5.74, 6) is 0.231. The first-order valence-electron chi connectivity index (χ1n) is 7.81. The van der Waals surface area contributed by atoms with E-state index in [1.165, 1.54) is 0 Å². The van der Waals surface area contributed by atoms with E-state index in [-0.39, 0.29) is 36.2 Å². The number of amides is 2. The standard InChI is InChI=1S/C15H27N3O2.ClH/c1-11(2)14(19)18-9-5-7-13(18)15(20)17-8-4-6-12(10-17)16-3;/h11-13,16H,4-10H2,1-3H3;1H. The third-order valence-corrected chi connectivity index (χ3v) is 4.46. The molecule has 0 aromatic heterocycles. The van der Waals surface area contributed by atoms with Crippen molar-refractivity contribution in [2.45, 2.75) is 51.6 Å². The molecule has 122 valence electrons. The van der Waals surface area contributed by atoms with Gasteiger partial charge in [0.15, 0.2) is 0 Å². The van der Waals surface area contributed by atoms with Crippen LogP contribution in [0.4, 0.5) is 0 Å². The van der Waals surface area contributed by atoms with E-state index in [1.807, 2.05) is 25.8 Å². The lowest BCUT2D eigenvalue weighted by Gasteiger charge is -2.36. The molecule has 2 rings (SSSR count). The number of likely N-dealkylation sites (tertiary alicyclic amines) is 2. The van der Waals surface area contributed by atoms with Crippen molar-refractivity contribution >= 4 is 24.2 Å². The van der Waals surface area contributed by atoms with E-state index in [9.17, 15) is 9.59 Å². The molecule has 2 atom stereocenters. The van der Waals surface area contributed by atoms with Gasteiger partial charge in [-0.3, -0.25) is 9.59 Å². The maximum absolute atomic E-state index is 12.7. The number of halogens is 1. The first-order chi connectivity index (χ1) is 9.54. The van der Waals surface area contributed by atoms with Crippen molar-refractivity contribution in [3.05, 3.63) is 0 Å². The fourth-order valence-electron chi connectivity index (χ4n) is 3.24. The van der Waals surface area contributed by atoms with Crippen molar-refractivity contribution in [1.29, 1.82) is 0 Å². The molecule has 0 aromatic rings. The van der Waals surface area contributed by atoms with Gasteiger partial charge in [0.25, 0.3) is 0 Å². The van der Waals surface area contributed by atoms with Crippen LogP contribution in [0.5, 0.6) is 0 Å². The molecule has 0 radical (unpaired) electrons. The van der Waals surface area contributed by atoms with Gasteiger partial charge in [-0.1, -0.05) is 13.8 Å². The van der Waals surface area contributed by atoms with E-state index in [1.54, 1.807) is 4.90 Å². The molecule has 2 aliphatic heterocycles. The molecule has 21 heavy (non-hydrogen) atoms. The highest BCUT2D eigenvalue weighted by atomic mass is 35.5. The first kappa shape index (κ1) is 18.2. The van der Waals surface area contributed by atoms with Crippen LogP contribution in [-0.4, -0.2) is 60.4 Å². The summed E-state index contributed by atoms with van der Waals surface area (Å²) in [6, 6.07) is 0.170. The summed E-state index contributed by atoms with van der Waals surface area (Å²) in [5.41, 5.74) is 0. The molecular weight excluding hydrogens is 290 g/mol. The highest BCUT2D eigenvalue weighted by Gasteiger charge is 2.38. The largest absolute Gasteiger partial charge is 0.339 e. The number of carbonyl (C=O) groups is 2. The summed E-state index contributed by atoms with van der Waals surface area (Å²) < 4.78 is 0. The number of nitrogens with one attached hydrogen (secondary N) is 1. The van der Waals surface area contributed by atoms with Crippen LogP contribution < -0.4 is 5.32 Å². The predicted octanol–water partition coefficient (Wildman–Crippen LogP) is 1.27. The topological polar surface area (TPSA) is 52.7 Å². The average molecular weight is 318 g/mol. The SMILES string of the molecule is CNC1CCCN(C(=O)C2CCCN2C(=O)C(C)C)C1.Cl. The fraction of sp³-hybridized carbons (Fsp3) is 0.867. The second-order valence-electron chi connectivity index (χ2n) is 6.26. The van der Waals surface area contributed by atoms with Crippen LogP contribution in [0.1, 0.15) is 39.5 Å². The number of hydrogen-bond acceptors (Lipinski definition) is 3. The minimum absolute atomic E-state index is 0. The molecule has 2 unspecified atom stereocenters. The highest BCUT2D eigenvalue weighted by molar-refractivity contribution is 5.89. The summed E-state index contributed by atoms with van der Waals surface area (Å²) in [7, 11) is 1.95. The molecule has 2 heterocycles. The quantitative estimate of drug-likeness (QED) is 0.853. The maximum Gasteiger partial charge on any atom is 0.245 e. The zero-order valence-electron chi connectivity index (χ0n) is 13.3. The van der Waals surface area contributed by atoms with Crippen molar-refractivity contribution < 1.29 is 9.59 Å². The highest BCUT2D eigenvalue weighted by Crippen LogP contribution is 2.23. The minimum atomic E-state index is -0.222.